The average Bonchev–Trinajstić information content (AvgIpc) is 2.28. The molecule has 1 aliphatic rings. The molecule has 1 unspecified atom stereocenters. The van der Waals surface area contributed by atoms with Gasteiger partial charge < -0.3 is 0 Å². The highest BCUT2D eigenvalue weighted by Crippen LogP contribution is 2.15. The molecule has 0 N–H and O–H groups in total. The van der Waals surface area contributed by atoms with Gasteiger partial charge in [0.1, 0.15) is 0 Å². The maximum Gasteiger partial charge on any atom is -0.0155 e. The van der Waals surface area contributed by atoms with E-state index in [-0.39, 0.29) is 0 Å². The minimum absolute atomic E-state index is 0.696. The van der Waals surface area contributed by atoms with Gasteiger partial charge in [0.2, 0.25) is 0 Å². The van der Waals surface area contributed by atoms with Crippen LogP contribution in [0.2, 0.25) is 0 Å². The van der Waals surface area contributed by atoms with Crippen molar-refractivity contribution in [1.29, 1.82) is 0 Å². The van der Waals surface area contributed by atoms with Gasteiger partial charge in [-0.1, -0.05) is 37.6 Å². The lowest BCUT2D eigenvalue weighted by Gasteiger charge is -2.08. The van der Waals surface area contributed by atoms with E-state index in [4.69, 9.17) is 0 Å². The van der Waals surface area contributed by atoms with Crippen LogP contribution in [0, 0.1) is 5.92 Å². The summed E-state index contributed by atoms with van der Waals surface area (Å²) in [5, 5.41) is 0. The first kappa shape index (κ1) is 12.1. The maximum atomic E-state index is 3.40. The van der Waals surface area contributed by atoms with Crippen LogP contribution in [-0.4, -0.2) is 0 Å². The minimum Gasteiger partial charge on any atom is -0.126 e. The van der Waals surface area contributed by atoms with Gasteiger partial charge in [-0.15, -0.1) is 5.73 Å². The quantitative estimate of drug-likeness (QED) is 0.562. The van der Waals surface area contributed by atoms with E-state index < -0.39 is 0 Å². The second kappa shape index (κ2) is 7.31. The van der Waals surface area contributed by atoms with Gasteiger partial charge in [-0.05, 0) is 50.2 Å². The molecule has 0 fully saturated rings. The molecule has 1 rings (SSSR count). The zero-order chi connectivity index (χ0) is 10.9. The Morgan fingerprint density at radius 3 is 3.00 bits per heavy atom. The van der Waals surface area contributed by atoms with Crippen molar-refractivity contribution in [2.45, 2.75) is 46.0 Å². The van der Waals surface area contributed by atoms with Gasteiger partial charge in [-0.25, -0.2) is 0 Å². The maximum absolute atomic E-state index is 3.40. The molecule has 0 bridgehead atoms. The molecule has 0 nitrogen and oxygen atoms in total. The molecule has 0 radical (unpaired) electrons. The first-order chi connectivity index (χ1) is 7.33. The van der Waals surface area contributed by atoms with E-state index in [2.05, 4.69) is 50.0 Å². The fraction of sp³-hybridized carbons (Fsp3) is 0.533. The molecular formula is C15H22. The molecule has 0 saturated heterocycles. The van der Waals surface area contributed by atoms with Gasteiger partial charge >= 0.3 is 0 Å². The largest absolute Gasteiger partial charge is 0.126 e. The predicted molar refractivity (Wildman–Crippen MR) is 67.8 cm³/mol. The van der Waals surface area contributed by atoms with Gasteiger partial charge in [0.25, 0.3) is 0 Å². The molecule has 0 aliphatic heterocycles. The van der Waals surface area contributed by atoms with Crippen molar-refractivity contribution in [3.8, 4) is 0 Å². The first-order valence-electron chi connectivity index (χ1n) is 6.07. The second-order valence-corrected chi connectivity index (χ2v) is 4.28. The van der Waals surface area contributed by atoms with Crippen molar-refractivity contribution in [3.05, 3.63) is 41.7 Å². The summed E-state index contributed by atoms with van der Waals surface area (Å²) in [5.74, 6) is 0.696. The normalized spacial score (nSPS) is 18.7. The molecule has 0 spiro atoms. The van der Waals surface area contributed by atoms with Crippen molar-refractivity contribution in [2.24, 2.45) is 5.92 Å². The van der Waals surface area contributed by atoms with Crippen LogP contribution in [0.25, 0.3) is 0 Å². The van der Waals surface area contributed by atoms with E-state index in [1.54, 1.807) is 0 Å². The smallest absolute Gasteiger partial charge is 0.0155 e. The van der Waals surface area contributed by atoms with Crippen molar-refractivity contribution in [2.75, 3.05) is 0 Å². The van der Waals surface area contributed by atoms with Crippen LogP contribution in [0.1, 0.15) is 46.0 Å². The van der Waals surface area contributed by atoms with Gasteiger partial charge in [-0.3, -0.25) is 0 Å². The Morgan fingerprint density at radius 1 is 1.47 bits per heavy atom. The Balaban J connectivity index is 2.31. The minimum atomic E-state index is 0.696. The van der Waals surface area contributed by atoms with E-state index in [1.165, 1.54) is 31.3 Å². The Labute approximate surface area is 94.1 Å². The molecule has 0 aromatic carbocycles. The Hall–Kier alpha value is -1.00. The summed E-state index contributed by atoms with van der Waals surface area (Å²) in [5.41, 5.74) is 4.79. The van der Waals surface area contributed by atoms with Crippen molar-refractivity contribution < 1.29 is 0 Å². The lowest BCUT2D eigenvalue weighted by Crippen LogP contribution is -1.94. The van der Waals surface area contributed by atoms with Crippen molar-refractivity contribution in [1.82, 2.24) is 0 Å². The number of unbranched alkanes of at least 4 members (excludes halogenated alkanes) is 1. The number of hydrogen-bond donors (Lipinski definition) is 0. The molecule has 0 heteroatoms. The average molecular weight is 202 g/mol. The standard InChI is InChI=1S/C15H22/c1-3-4-9-14(2)10-8-13-15-11-6-5-7-12-15/h5-8,11,15H,3-4,9,12-13H2,1-2H3. The zero-order valence-corrected chi connectivity index (χ0v) is 10.00. The number of hydrogen-bond acceptors (Lipinski definition) is 0. The summed E-state index contributed by atoms with van der Waals surface area (Å²) in [6.07, 6.45) is 17.1. The molecule has 15 heavy (non-hydrogen) atoms. The van der Waals surface area contributed by atoms with E-state index in [9.17, 15) is 0 Å². The fourth-order valence-electron chi connectivity index (χ4n) is 1.71. The van der Waals surface area contributed by atoms with E-state index in [0.29, 0.717) is 5.92 Å². The van der Waals surface area contributed by atoms with E-state index >= 15 is 0 Å². The zero-order valence-electron chi connectivity index (χ0n) is 10.00. The monoisotopic (exact) mass is 202 g/mol. The lowest BCUT2D eigenvalue weighted by atomic mass is 9.97. The molecule has 0 aromatic rings. The van der Waals surface area contributed by atoms with Gasteiger partial charge in [-0.2, -0.15) is 0 Å². The molecule has 1 aliphatic carbocycles. The SMILES string of the molecule is CCCCC(C)=C=CCC1C=CC=CC1. The van der Waals surface area contributed by atoms with Crippen molar-refractivity contribution >= 4 is 0 Å². The summed E-state index contributed by atoms with van der Waals surface area (Å²) in [7, 11) is 0. The lowest BCUT2D eigenvalue weighted by molar-refractivity contribution is 0.669. The van der Waals surface area contributed by atoms with Gasteiger partial charge in [0.05, 0.1) is 0 Å². The van der Waals surface area contributed by atoms with Crippen LogP contribution < -0.4 is 0 Å². The van der Waals surface area contributed by atoms with Crippen LogP contribution in [0.5, 0.6) is 0 Å². The third-order valence-electron chi connectivity index (χ3n) is 2.74. The molecule has 0 heterocycles. The molecular weight excluding hydrogens is 180 g/mol. The summed E-state index contributed by atoms with van der Waals surface area (Å²) < 4.78 is 0. The summed E-state index contributed by atoms with van der Waals surface area (Å²) in [6, 6.07) is 0. The highest BCUT2D eigenvalue weighted by atomic mass is 14.1. The highest BCUT2D eigenvalue weighted by Gasteiger charge is 2.01. The Morgan fingerprint density at radius 2 is 2.33 bits per heavy atom. The van der Waals surface area contributed by atoms with Crippen LogP contribution in [0.4, 0.5) is 0 Å². The van der Waals surface area contributed by atoms with Crippen LogP contribution in [0.3, 0.4) is 0 Å². The second-order valence-electron chi connectivity index (χ2n) is 4.28. The van der Waals surface area contributed by atoms with Crippen LogP contribution in [0.15, 0.2) is 41.7 Å². The molecule has 1 atom stereocenters. The van der Waals surface area contributed by atoms with E-state index in [0.717, 1.165) is 6.42 Å². The predicted octanol–water partition coefficient (Wildman–Crippen LogP) is 4.80. The van der Waals surface area contributed by atoms with E-state index in [1.807, 2.05) is 0 Å². The molecule has 0 aromatic heterocycles. The van der Waals surface area contributed by atoms with Gasteiger partial charge in [0, 0.05) is 0 Å². The number of rotatable bonds is 5. The summed E-state index contributed by atoms with van der Waals surface area (Å²) >= 11 is 0. The topological polar surface area (TPSA) is 0 Å². The molecule has 0 saturated carbocycles. The first-order valence-corrected chi connectivity index (χ1v) is 6.07. The third kappa shape index (κ3) is 5.44. The van der Waals surface area contributed by atoms with Crippen LogP contribution >= 0.6 is 0 Å². The molecule has 82 valence electrons. The third-order valence-corrected chi connectivity index (χ3v) is 2.74. The summed E-state index contributed by atoms with van der Waals surface area (Å²) in [4.78, 5) is 0. The highest BCUT2D eigenvalue weighted by molar-refractivity contribution is 5.12. The number of allylic oxidation sites excluding steroid dienone is 5. The van der Waals surface area contributed by atoms with Crippen LogP contribution in [-0.2, 0) is 0 Å². The fourth-order valence-corrected chi connectivity index (χ4v) is 1.71. The Bertz CT molecular complexity index is 285. The Kier molecular flexibility index (Phi) is 5.88. The molecule has 0 amide bonds. The summed E-state index contributed by atoms with van der Waals surface area (Å²) in [6.45, 7) is 4.42. The van der Waals surface area contributed by atoms with Crippen molar-refractivity contribution in [3.63, 3.8) is 0 Å². The van der Waals surface area contributed by atoms with Gasteiger partial charge in [0.15, 0.2) is 0 Å².